The van der Waals surface area contributed by atoms with Gasteiger partial charge in [-0.3, -0.25) is 0 Å². The van der Waals surface area contributed by atoms with E-state index in [0.717, 1.165) is 0 Å². The molecule has 158 valence electrons. The number of carboxylic acid groups (broad SMARTS) is 1. The van der Waals surface area contributed by atoms with Crippen LogP contribution in [0.4, 0.5) is 4.39 Å². The van der Waals surface area contributed by atoms with Gasteiger partial charge in [0.15, 0.2) is 5.67 Å². The zero-order chi connectivity index (χ0) is 21.9. The number of rotatable bonds is 5. The van der Waals surface area contributed by atoms with E-state index in [1.807, 2.05) is 0 Å². The summed E-state index contributed by atoms with van der Waals surface area (Å²) >= 11 is 0. The predicted molar refractivity (Wildman–Crippen MR) is 113 cm³/mol. The molecule has 2 aromatic rings. The van der Waals surface area contributed by atoms with Gasteiger partial charge in [-0.2, -0.15) is 0 Å². The molecule has 0 bridgehead atoms. The highest BCUT2D eigenvalue weighted by Gasteiger charge is 2.38. The number of aromatic hydroxyl groups is 1. The van der Waals surface area contributed by atoms with Crippen molar-refractivity contribution in [1.29, 1.82) is 0 Å². The molecule has 7 nitrogen and oxygen atoms in total. The van der Waals surface area contributed by atoms with Crippen LogP contribution in [0.15, 0.2) is 66.1 Å². The second-order valence-corrected chi connectivity index (χ2v) is 7.33. The first-order valence-electron chi connectivity index (χ1n) is 9.50. The van der Waals surface area contributed by atoms with Crippen molar-refractivity contribution in [3.63, 3.8) is 0 Å². The van der Waals surface area contributed by atoms with Gasteiger partial charge in [-0.15, -0.1) is 0 Å². The Labute approximate surface area is 173 Å². The number of nitrogens with two attached hydrogens (primary N) is 3. The van der Waals surface area contributed by atoms with Crippen LogP contribution in [0.2, 0.25) is 0 Å². The summed E-state index contributed by atoms with van der Waals surface area (Å²) in [7, 11) is 0. The molecule has 1 saturated heterocycles. The lowest BCUT2D eigenvalue weighted by atomic mass is 9.86. The normalized spacial score (nSPS) is 19.4. The Hall–Kier alpha value is -3.68. The maximum Gasteiger partial charge on any atom is 0.335 e. The quantitative estimate of drug-likeness (QED) is 0.475. The van der Waals surface area contributed by atoms with Crippen LogP contribution >= 0.6 is 0 Å². The molecular formula is C22H25FN4O3. The number of para-hydroxylation sites is 1. The number of benzene rings is 2. The van der Waals surface area contributed by atoms with Gasteiger partial charge >= 0.3 is 5.97 Å². The highest BCUT2D eigenvalue weighted by atomic mass is 19.1. The first-order valence-corrected chi connectivity index (χ1v) is 9.50. The Morgan fingerprint density at radius 2 is 1.77 bits per heavy atom. The molecule has 30 heavy (non-hydrogen) atoms. The summed E-state index contributed by atoms with van der Waals surface area (Å²) in [5, 5.41) is 19.1. The molecule has 2 aromatic carbocycles. The number of nitrogens with zero attached hydrogens (tertiary/aromatic N) is 1. The van der Waals surface area contributed by atoms with Gasteiger partial charge in [-0.1, -0.05) is 24.3 Å². The van der Waals surface area contributed by atoms with Crippen molar-refractivity contribution < 1.29 is 19.4 Å². The molecule has 8 heteroatoms. The number of phenolic OH excluding ortho intramolecular Hbond substituents is 1. The number of hydrogen-bond donors (Lipinski definition) is 5. The van der Waals surface area contributed by atoms with E-state index in [0.29, 0.717) is 29.8 Å². The van der Waals surface area contributed by atoms with E-state index in [-0.39, 0.29) is 35.8 Å². The highest BCUT2D eigenvalue weighted by molar-refractivity contribution is 5.87. The van der Waals surface area contributed by atoms with Crippen molar-refractivity contribution >= 4 is 11.7 Å². The summed E-state index contributed by atoms with van der Waals surface area (Å²) in [5.74, 6) is -1.07. The minimum atomic E-state index is -1.70. The summed E-state index contributed by atoms with van der Waals surface area (Å²) in [6.07, 6.45) is 2.36. The topological polar surface area (TPSA) is 139 Å². The molecular weight excluding hydrogens is 387 g/mol. The SMILES string of the molecule is NC(N)=C(/C=C(\N)c1ccccc1O)N1CCCC(F)(c2ccc(C(=O)O)cc2)C1. The molecule has 0 saturated carbocycles. The predicted octanol–water partition coefficient (Wildman–Crippen LogP) is 2.44. The van der Waals surface area contributed by atoms with Crippen LogP contribution in [0.3, 0.4) is 0 Å². The lowest BCUT2D eigenvalue weighted by Crippen LogP contribution is -2.44. The minimum Gasteiger partial charge on any atom is -0.507 e. The van der Waals surface area contributed by atoms with E-state index in [9.17, 15) is 9.90 Å². The fourth-order valence-electron chi connectivity index (χ4n) is 3.66. The number of aromatic carboxylic acids is 1. The second-order valence-electron chi connectivity index (χ2n) is 7.33. The van der Waals surface area contributed by atoms with Crippen molar-refractivity contribution in [2.45, 2.75) is 18.5 Å². The summed E-state index contributed by atoms with van der Waals surface area (Å²) in [4.78, 5) is 12.8. The molecule has 1 aliphatic heterocycles. The maximum absolute atomic E-state index is 15.9. The first kappa shape index (κ1) is 21.0. The zero-order valence-corrected chi connectivity index (χ0v) is 16.4. The van der Waals surface area contributed by atoms with Crippen LogP contribution in [-0.4, -0.2) is 34.2 Å². The van der Waals surface area contributed by atoms with Crippen LogP contribution in [0.5, 0.6) is 5.75 Å². The summed E-state index contributed by atoms with van der Waals surface area (Å²) in [6.45, 7) is 0.508. The van der Waals surface area contributed by atoms with Gasteiger partial charge in [-0.25, -0.2) is 9.18 Å². The second kappa shape index (κ2) is 8.36. The summed E-state index contributed by atoms with van der Waals surface area (Å²) < 4.78 is 15.9. The molecule has 0 spiro atoms. The van der Waals surface area contributed by atoms with Crippen molar-refractivity contribution in [2.75, 3.05) is 13.1 Å². The Morgan fingerprint density at radius 3 is 2.37 bits per heavy atom. The minimum absolute atomic E-state index is 0.0122. The molecule has 1 aliphatic rings. The number of piperidine rings is 1. The fraction of sp³-hybridized carbons (Fsp3) is 0.227. The van der Waals surface area contributed by atoms with E-state index in [2.05, 4.69) is 0 Å². The number of allylic oxidation sites excluding steroid dienone is 1. The number of carboxylic acids is 1. The van der Waals surface area contributed by atoms with Crippen LogP contribution in [0.25, 0.3) is 5.70 Å². The Morgan fingerprint density at radius 1 is 1.10 bits per heavy atom. The third-order valence-electron chi connectivity index (χ3n) is 5.24. The van der Waals surface area contributed by atoms with E-state index >= 15 is 4.39 Å². The van der Waals surface area contributed by atoms with Gasteiger partial charge in [0.1, 0.15) is 11.6 Å². The van der Waals surface area contributed by atoms with E-state index in [4.69, 9.17) is 22.3 Å². The monoisotopic (exact) mass is 412 g/mol. The van der Waals surface area contributed by atoms with E-state index < -0.39 is 11.6 Å². The van der Waals surface area contributed by atoms with Gasteiger partial charge in [0.05, 0.1) is 17.8 Å². The molecule has 0 amide bonds. The Balaban J connectivity index is 1.89. The van der Waals surface area contributed by atoms with Crippen molar-refractivity contribution in [3.8, 4) is 5.75 Å². The van der Waals surface area contributed by atoms with Gasteiger partial charge in [0.25, 0.3) is 0 Å². The van der Waals surface area contributed by atoms with Gasteiger partial charge in [0.2, 0.25) is 0 Å². The number of hydrogen-bond acceptors (Lipinski definition) is 6. The highest BCUT2D eigenvalue weighted by Crippen LogP contribution is 2.37. The number of halogens is 1. The number of phenols is 1. The van der Waals surface area contributed by atoms with Crippen LogP contribution in [0, 0.1) is 0 Å². The molecule has 1 atom stereocenters. The Kier molecular flexibility index (Phi) is 5.86. The Bertz CT molecular complexity index is 1000. The average Bonchev–Trinajstić information content (AvgIpc) is 2.72. The van der Waals surface area contributed by atoms with Crippen molar-refractivity contribution in [3.05, 3.63) is 82.8 Å². The van der Waals surface area contributed by atoms with Gasteiger partial charge in [0, 0.05) is 17.8 Å². The van der Waals surface area contributed by atoms with E-state index in [1.54, 1.807) is 23.1 Å². The number of alkyl halides is 1. The van der Waals surface area contributed by atoms with Gasteiger partial charge < -0.3 is 32.3 Å². The third kappa shape index (κ3) is 4.32. The van der Waals surface area contributed by atoms with Crippen LogP contribution in [-0.2, 0) is 5.67 Å². The maximum atomic E-state index is 15.9. The number of likely N-dealkylation sites (tertiary alicyclic amines) is 1. The van der Waals surface area contributed by atoms with Crippen LogP contribution in [0.1, 0.15) is 34.3 Å². The largest absolute Gasteiger partial charge is 0.507 e. The average molecular weight is 412 g/mol. The molecule has 1 fully saturated rings. The zero-order valence-electron chi connectivity index (χ0n) is 16.4. The molecule has 3 rings (SSSR count). The first-order chi connectivity index (χ1) is 14.2. The van der Waals surface area contributed by atoms with Crippen LogP contribution < -0.4 is 17.2 Å². The third-order valence-corrected chi connectivity index (χ3v) is 5.24. The lowest BCUT2D eigenvalue weighted by Gasteiger charge is -2.39. The molecule has 0 aliphatic carbocycles. The molecule has 0 aromatic heterocycles. The molecule has 1 unspecified atom stereocenters. The fourth-order valence-corrected chi connectivity index (χ4v) is 3.66. The van der Waals surface area contributed by atoms with E-state index in [1.165, 1.54) is 36.4 Å². The smallest absolute Gasteiger partial charge is 0.335 e. The summed E-state index contributed by atoms with van der Waals surface area (Å²) in [5.41, 5.74) is 17.7. The van der Waals surface area contributed by atoms with Crippen molar-refractivity contribution in [2.24, 2.45) is 17.2 Å². The molecule has 8 N–H and O–H groups in total. The molecule has 1 heterocycles. The van der Waals surface area contributed by atoms with Crippen molar-refractivity contribution in [1.82, 2.24) is 4.90 Å². The van der Waals surface area contributed by atoms with Gasteiger partial charge in [-0.05, 0) is 48.7 Å². The number of carbonyl (C=O) groups is 1. The molecule has 0 radical (unpaired) electrons. The summed E-state index contributed by atoms with van der Waals surface area (Å²) in [6, 6.07) is 12.4. The standard InChI is InChI=1S/C22H25FN4O3/c23-22(15-8-6-14(7-9-15)21(29)30)10-3-11-27(13-22)18(20(25)26)12-17(24)16-4-1-2-5-19(16)28/h1-2,4-9,12,28H,3,10-11,13,24-26H2,(H,29,30)/b17-12-. The lowest BCUT2D eigenvalue weighted by molar-refractivity contribution is 0.0610.